The van der Waals surface area contributed by atoms with E-state index in [1.165, 1.54) is 0 Å². The highest BCUT2D eigenvalue weighted by Crippen LogP contribution is 2.25. The Morgan fingerprint density at radius 1 is 0.880 bits per heavy atom. The molecule has 0 spiro atoms. The van der Waals surface area contributed by atoms with Gasteiger partial charge in [-0.3, -0.25) is 4.57 Å². The minimum absolute atomic E-state index is 0.705. The van der Waals surface area contributed by atoms with Crippen LogP contribution >= 0.6 is 27.3 Å². The second-order valence-corrected chi connectivity index (χ2v) is 7.13. The number of thiazole rings is 1. The lowest BCUT2D eigenvalue weighted by Gasteiger charge is -2.09. The molecule has 0 bridgehead atoms. The van der Waals surface area contributed by atoms with Gasteiger partial charge in [-0.15, -0.1) is 11.3 Å². The molecule has 0 saturated heterocycles. The Kier molecular flexibility index (Phi) is 4.59. The maximum Gasteiger partial charge on any atom is 0.196 e. The number of rotatable bonds is 3. The molecule has 2 aromatic heterocycles. The number of para-hydroxylation sites is 1. The zero-order valence-corrected chi connectivity index (χ0v) is 15.6. The fourth-order valence-electron chi connectivity index (χ4n) is 2.56. The van der Waals surface area contributed by atoms with Gasteiger partial charge in [0.15, 0.2) is 10.6 Å². The van der Waals surface area contributed by atoms with E-state index in [1.807, 2.05) is 36.4 Å². The maximum atomic E-state index is 4.74. The van der Waals surface area contributed by atoms with Gasteiger partial charge in [-0.2, -0.15) is 0 Å². The maximum absolute atomic E-state index is 4.74. The minimum atomic E-state index is 0.705. The average molecular weight is 408 g/mol. The Balaban J connectivity index is 1.94. The Morgan fingerprint density at radius 3 is 2.36 bits per heavy atom. The van der Waals surface area contributed by atoms with E-state index in [4.69, 9.17) is 4.99 Å². The molecule has 2 heterocycles. The molecule has 4 rings (SSSR count). The molecule has 0 fully saturated rings. The van der Waals surface area contributed by atoms with E-state index < -0.39 is 0 Å². The van der Waals surface area contributed by atoms with Crippen LogP contribution in [-0.4, -0.2) is 9.55 Å². The smallest absolute Gasteiger partial charge is 0.196 e. The summed E-state index contributed by atoms with van der Waals surface area (Å²) in [6, 6.07) is 24.3. The summed E-state index contributed by atoms with van der Waals surface area (Å²) < 4.78 is 3.24. The van der Waals surface area contributed by atoms with Crippen LogP contribution in [0, 0.1) is 0 Å². The van der Waals surface area contributed by atoms with Crippen LogP contribution in [0.1, 0.15) is 0 Å². The highest BCUT2D eigenvalue weighted by Gasteiger charge is 2.10. The summed E-state index contributed by atoms with van der Waals surface area (Å²) in [5, 5.41) is 2.14. The first-order valence-corrected chi connectivity index (χ1v) is 9.46. The quantitative estimate of drug-likeness (QED) is 0.434. The number of aromatic nitrogens is 2. The van der Waals surface area contributed by atoms with Gasteiger partial charge < -0.3 is 0 Å². The van der Waals surface area contributed by atoms with E-state index in [0.717, 1.165) is 26.2 Å². The van der Waals surface area contributed by atoms with Crippen LogP contribution in [0.3, 0.4) is 0 Å². The van der Waals surface area contributed by atoms with Crippen LogP contribution in [0.2, 0.25) is 0 Å². The molecule has 0 aliphatic heterocycles. The molecule has 25 heavy (non-hydrogen) atoms. The second kappa shape index (κ2) is 7.17. The van der Waals surface area contributed by atoms with Crippen molar-refractivity contribution in [3.63, 3.8) is 0 Å². The first-order valence-electron chi connectivity index (χ1n) is 7.79. The van der Waals surface area contributed by atoms with E-state index in [9.17, 15) is 0 Å². The van der Waals surface area contributed by atoms with Crippen molar-refractivity contribution in [2.24, 2.45) is 4.99 Å². The topological polar surface area (TPSA) is 30.2 Å². The zero-order chi connectivity index (χ0) is 17.1. The monoisotopic (exact) mass is 407 g/mol. The molecule has 0 saturated carbocycles. The number of benzene rings is 2. The third-order valence-electron chi connectivity index (χ3n) is 3.72. The van der Waals surface area contributed by atoms with Crippen molar-refractivity contribution in [2.45, 2.75) is 0 Å². The van der Waals surface area contributed by atoms with Gasteiger partial charge in [0.2, 0.25) is 0 Å². The van der Waals surface area contributed by atoms with Crippen molar-refractivity contribution in [3.8, 4) is 16.9 Å². The molecule has 0 aliphatic rings. The van der Waals surface area contributed by atoms with Gasteiger partial charge in [0.05, 0.1) is 5.69 Å². The number of nitrogens with zero attached hydrogens (tertiary/aromatic N) is 3. The predicted molar refractivity (Wildman–Crippen MR) is 106 cm³/mol. The molecule has 3 nitrogen and oxygen atoms in total. The van der Waals surface area contributed by atoms with Gasteiger partial charge in [-0.05, 0) is 42.0 Å². The molecule has 0 unspecified atom stereocenters. The third-order valence-corrected chi connectivity index (χ3v) is 5.08. The van der Waals surface area contributed by atoms with E-state index in [2.05, 4.69) is 67.3 Å². The second-order valence-electron chi connectivity index (χ2n) is 5.38. The number of pyridine rings is 1. The molecule has 122 valence electrons. The molecule has 0 atom stereocenters. The standard InChI is InChI=1S/C20H14BrN3S/c21-16-11-9-15(10-12-16)18-14-25-20(23-19-8-4-5-13-22-19)24(18)17-6-2-1-3-7-17/h1-14H/b23-20+. The number of hydrogen-bond acceptors (Lipinski definition) is 3. The molecule has 0 amide bonds. The van der Waals surface area contributed by atoms with Crippen molar-refractivity contribution in [3.05, 3.63) is 93.6 Å². The lowest BCUT2D eigenvalue weighted by Crippen LogP contribution is -2.13. The summed E-state index contributed by atoms with van der Waals surface area (Å²) in [5.74, 6) is 0.705. The fourth-order valence-corrected chi connectivity index (χ4v) is 3.73. The molecule has 5 heteroatoms. The molecule has 0 aliphatic carbocycles. The Bertz CT molecular complexity index is 1040. The van der Waals surface area contributed by atoms with E-state index in [1.54, 1.807) is 17.5 Å². The van der Waals surface area contributed by atoms with Gasteiger partial charge in [0.1, 0.15) is 0 Å². The van der Waals surface area contributed by atoms with Crippen LogP contribution in [-0.2, 0) is 0 Å². The molecule has 2 aromatic carbocycles. The van der Waals surface area contributed by atoms with E-state index >= 15 is 0 Å². The Hall–Kier alpha value is -2.50. The molecule has 0 N–H and O–H groups in total. The molecule has 0 radical (unpaired) electrons. The van der Waals surface area contributed by atoms with Crippen molar-refractivity contribution < 1.29 is 0 Å². The van der Waals surface area contributed by atoms with Crippen LogP contribution in [0.25, 0.3) is 16.9 Å². The Morgan fingerprint density at radius 2 is 1.64 bits per heavy atom. The predicted octanol–water partition coefficient (Wildman–Crippen LogP) is 5.60. The zero-order valence-electron chi connectivity index (χ0n) is 13.2. The van der Waals surface area contributed by atoms with E-state index in [-0.39, 0.29) is 0 Å². The third kappa shape index (κ3) is 3.48. The van der Waals surface area contributed by atoms with Crippen LogP contribution in [0.4, 0.5) is 5.82 Å². The van der Waals surface area contributed by atoms with Gasteiger partial charge in [-0.1, -0.05) is 52.3 Å². The van der Waals surface area contributed by atoms with E-state index in [0.29, 0.717) is 5.82 Å². The van der Waals surface area contributed by atoms with Crippen molar-refractivity contribution in [1.82, 2.24) is 9.55 Å². The SMILES string of the molecule is Brc1ccc(-c2cs/c(=N/c3ccccn3)n2-c2ccccc2)cc1. The van der Waals surface area contributed by atoms with Crippen molar-refractivity contribution in [2.75, 3.05) is 0 Å². The first kappa shape index (κ1) is 16.0. The lowest BCUT2D eigenvalue weighted by atomic mass is 10.1. The fraction of sp³-hybridized carbons (Fsp3) is 0. The van der Waals surface area contributed by atoms with Gasteiger partial charge in [0.25, 0.3) is 0 Å². The highest BCUT2D eigenvalue weighted by atomic mass is 79.9. The summed E-state index contributed by atoms with van der Waals surface area (Å²) >= 11 is 5.11. The Labute approximate surface area is 158 Å². The summed E-state index contributed by atoms with van der Waals surface area (Å²) in [7, 11) is 0. The lowest BCUT2D eigenvalue weighted by molar-refractivity contribution is 1.00. The largest absolute Gasteiger partial charge is 0.285 e. The van der Waals surface area contributed by atoms with Crippen molar-refractivity contribution >= 4 is 33.1 Å². The van der Waals surface area contributed by atoms with Gasteiger partial charge >= 0.3 is 0 Å². The first-order chi connectivity index (χ1) is 12.3. The molecule has 4 aromatic rings. The summed E-state index contributed by atoms with van der Waals surface area (Å²) in [6.45, 7) is 0. The molecular weight excluding hydrogens is 394 g/mol. The molecular formula is C20H14BrN3S. The van der Waals surface area contributed by atoms with Gasteiger partial charge in [-0.25, -0.2) is 9.98 Å². The minimum Gasteiger partial charge on any atom is -0.285 e. The van der Waals surface area contributed by atoms with Gasteiger partial charge in [0, 0.05) is 21.7 Å². The van der Waals surface area contributed by atoms with Crippen LogP contribution in [0.5, 0.6) is 0 Å². The summed E-state index contributed by atoms with van der Waals surface area (Å²) in [6.07, 6.45) is 1.76. The van der Waals surface area contributed by atoms with Crippen LogP contribution in [0.15, 0.2) is 93.8 Å². The average Bonchev–Trinajstić information content (AvgIpc) is 3.07. The van der Waals surface area contributed by atoms with Crippen molar-refractivity contribution in [1.29, 1.82) is 0 Å². The normalized spacial score (nSPS) is 11.6. The summed E-state index contributed by atoms with van der Waals surface area (Å²) in [5.41, 5.74) is 3.33. The number of halogens is 1. The summed E-state index contributed by atoms with van der Waals surface area (Å²) in [4.78, 5) is 9.96. The number of hydrogen-bond donors (Lipinski definition) is 0. The highest BCUT2D eigenvalue weighted by molar-refractivity contribution is 9.10. The van der Waals surface area contributed by atoms with Crippen LogP contribution < -0.4 is 4.80 Å².